The van der Waals surface area contributed by atoms with Gasteiger partial charge in [0.05, 0.1) is 16.7 Å². The molecule has 0 unspecified atom stereocenters. The van der Waals surface area contributed by atoms with E-state index in [4.69, 9.17) is 9.40 Å². The Bertz CT molecular complexity index is 3550. The number of rotatable bonds is 6. The molecule has 0 saturated carbocycles. The van der Waals surface area contributed by atoms with Gasteiger partial charge in [-0.1, -0.05) is 146 Å². The van der Waals surface area contributed by atoms with Gasteiger partial charge in [0.1, 0.15) is 5.52 Å². The van der Waals surface area contributed by atoms with Crippen LogP contribution in [0.4, 0.5) is 17.1 Å². The first kappa shape index (κ1) is 33.2. The summed E-state index contributed by atoms with van der Waals surface area (Å²) in [6.45, 7) is 0. The molecule has 0 aliphatic rings. The lowest BCUT2D eigenvalue weighted by atomic mass is 9.99. The largest absolute Gasteiger partial charge is 0.435 e. The molecule has 2 heterocycles. The van der Waals surface area contributed by atoms with Crippen molar-refractivity contribution in [2.45, 2.75) is 0 Å². The molecule has 0 radical (unpaired) electrons. The third-order valence-electron chi connectivity index (χ3n) is 11.8. The van der Waals surface area contributed by atoms with Gasteiger partial charge >= 0.3 is 0 Å². The summed E-state index contributed by atoms with van der Waals surface area (Å²) in [7, 11) is 0. The zero-order valence-corrected chi connectivity index (χ0v) is 32.0. The van der Waals surface area contributed by atoms with Crippen molar-refractivity contribution in [3.63, 3.8) is 0 Å². The van der Waals surface area contributed by atoms with Crippen LogP contribution in [0.25, 0.3) is 93.5 Å². The zero-order valence-electron chi connectivity index (χ0n) is 32.0. The van der Waals surface area contributed by atoms with Crippen molar-refractivity contribution in [1.29, 1.82) is 0 Å². The van der Waals surface area contributed by atoms with Crippen molar-refractivity contribution < 1.29 is 4.42 Å². The molecule has 4 nitrogen and oxygen atoms in total. The summed E-state index contributed by atoms with van der Waals surface area (Å²) in [6, 6.07) is 75.9. The first-order chi connectivity index (χ1) is 29.3. The lowest BCUT2D eigenvalue weighted by Crippen LogP contribution is -2.11. The van der Waals surface area contributed by atoms with Crippen LogP contribution in [0.5, 0.6) is 0 Å². The number of nitrogens with zero attached hydrogens (tertiary/aromatic N) is 3. The third kappa shape index (κ3) is 5.34. The Hall–Kier alpha value is -7.95. The minimum atomic E-state index is 0.621. The highest BCUT2D eigenvalue weighted by Crippen LogP contribution is 2.46. The normalized spacial score (nSPS) is 11.7. The number of fused-ring (bicyclic) bond motifs is 9. The Morgan fingerprint density at radius 3 is 1.92 bits per heavy atom. The Kier molecular flexibility index (Phi) is 7.50. The first-order valence-electron chi connectivity index (χ1n) is 20.0. The van der Waals surface area contributed by atoms with Gasteiger partial charge in [0, 0.05) is 49.7 Å². The molecule has 59 heavy (non-hydrogen) atoms. The molecule has 0 spiro atoms. The summed E-state index contributed by atoms with van der Waals surface area (Å²) >= 11 is 0. The van der Waals surface area contributed by atoms with E-state index in [1.165, 1.54) is 54.1 Å². The average molecular weight is 754 g/mol. The van der Waals surface area contributed by atoms with E-state index >= 15 is 0 Å². The third-order valence-corrected chi connectivity index (χ3v) is 11.8. The highest BCUT2D eigenvalue weighted by molar-refractivity contribution is 6.22. The molecule has 12 rings (SSSR count). The topological polar surface area (TPSA) is 34.2 Å². The number of oxazole rings is 1. The summed E-state index contributed by atoms with van der Waals surface area (Å²) < 4.78 is 8.88. The van der Waals surface area contributed by atoms with E-state index in [0.717, 1.165) is 50.5 Å². The Morgan fingerprint density at radius 1 is 0.424 bits per heavy atom. The van der Waals surface area contributed by atoms with Gasteiger partial charge in [-0.15, -0.1) is 0 Å². The van der Waals surface area contributed by atoms with E-state index < -0.39 is 0 Å². The van der Waals surface area contributed by atoms with Gasteiger partial charge in [0.15, 0.2) is 5.58 Å². The van der Waals surface area contributed by atoms with E-state index in [1.54, 1.807) is 0 Å². The minimum absolute atomic E-state index is 0.621. The van der Waals surface area contributed by atoms with E-state index in [0.29, 0.717) is 5.89 Å². The minimum Gasteiger partial charge on any atom is -0.435 e. The second-order valence-corrected chi connectivity index (χ2v) is 15.1. The van der Waals surface area contributed by atoms with Gasteiger partial charge in [-0.05, 0) is 93.8 Å². The van der Waals surface area contributed by atoms with Crippen LogP contribution in [0.2, 0.25) is 0 Å². The van der Waals surface area contributed by atoms with Crippen LogP contribution in [0, 0.1) is 0 Å². The van der Waals surface area contributed by atoms with E-state index in [9.17, 15) is 0 Å². The van der Waals surface area contributed by atoms with Crippen molar-refractivity contribution in [3.8, 4) is 28.3 Å². The maximum Gasteiger partial charge on any atom is 0.227 e. The first-order valence-corrected chi connectivity index (χ1v) is 20.0. The van der Waals surface area contributed by atoms with Crippen LogP contribution in [-0.4, -0.2) is 9.55 Å². The number of para-hydroxylation sites is 3. The summed E-state index contributed by atoms with van der Waals surface area (Å²) in [5.41, 5.74) is 11.4. The fourth-order valence-corrected chi connectivity index (χ4v) is 9.07. The van der Waals surface area contributed by atoms with Crippen molar-refractivity contribution in [2.24, 2.45) is 0 Å². The number of aromatic nitrogens is 2. The van der Waals surface area contributed by atoms with Crippen LogP contribution in [0.3, 0.4) is 0 Å². The summed E-state index contributed by atoms with van der Waals surface area (Å²) in [4.78, 5) is 7.29. The Balaban J connectivity index is 1.09. The zero-order chi connectivity index (χ0) is 38.9. The second kappa shape index (κ2) is 13.3. The van der Waals surface area contributed by atoms with Crippen LogP contribution in [-0.2, 0) is 0 Å². The number of benzene rings is 10. The highest BCUT2D eigenvalue weighted by Gasteiger charge is 2.23. The van der Waals surface area contributed by atoms with Crippen LogP contribution in [0.1, 0.15) is 0 Å². The average Bonchev–Trinajstić information content (AvgIpc) is 3.90. The molecular formula is C55H35N3O. The van der Waals surface area contributed by atoms with Crippen molar-refractivity contribution in [2.75, 3.05) is 4.90 Å². The molecule has 276 valence electrons. The molecule has 10 aromatic carbocycles. The molecule has 4 heteroatoms. The predicted molar refractivity (Wildman–Crippen MR) is 246 cm³/mol. The molecule has 0 fully saturated rings. The summed E-state index contributed by atoms with van der Waals surface area (Å²) in [5, 5.41) is 9.71. The fraction of sp³-hybridized carbons (Fsp3) is 0. The molecular weight excluding hydrogens is 719 g/mol. The molecule has 0 aliphatic heterocycles. The van der Waals surface area contributed by atoms with Gasteiger partial charge in [-0.25, -0.2) is 4.98 Å². The lowest BCUT2D eigenvalue weighted by molar-refractivity contribution is 0.621. The smallest absolute Gasteiger partial charge is 0.227 e. The van der Waals surface area contributed by atoms with Gasteiger partial charge < -0.3 is 13.9 Å². The van der Waals surface area contributed by atoms with Crippen LogP contribution >= 0.6 is 0 Å². The van der Waals surface area contributed by atoms with Crippen molar-refractivity contribution in [3.05, 3.63) is 212 Å². The molecule has 12 aromatic rings. The van der Waals surface area contributed by atoms with E-state index in [1.807, 2.05) is 36.4 Å². The molecule has 0 bridgehead atoms. The van der Waals surface area contributed by atoms with E-state index in [-0.39, 0.29) is 0 Å². The van der Waals surface area contributed by atoms with Crippen LogP contribution < -0.4 is 4.90 Å². The lowest BCUT2D eigenvalue weighted by Gasteiger charge is -2.28. The van der Waals surface area contributed by atoms with Gasteiger partial charge in [0.2, 0.25) is 5.89 Å². The van der Waals surface area contributed by atoms with E-state index in [2.05, 4.69) is 185 Å². The standard InChI is InChI=1S/C55H35N3O/c1-3-15-38(16-4-1)55-56-50-24-13-23-45(54(50)59-55)37-28-30-41(31-29-37)57(42-32-33-44-39(34-42)27-26-36-14-7-8-19-43(36)44)52-35-49-47-21-11-12-25-51(47)58(40-17-5-2-6-18-40)53(49)48-22-10-9-20-46(48)52/h1-35H. The summed E-state index contributed by atoms with van der Waals surface area (Å²) in [5.74, 6) is 0.621. The maximum absolute atomic E-state index is 6.46. The molecule has 0 aliphatic carbocycles. The quantitative estimate of drug-likeness (QED) is 0.159. The number of hydrogen-bond acceptors (Lipinski definition) is 3. The van der Waals surface area contributed by atoms with Crippen molar-refractivity contribution in [1.82, 2.24) is 9.55 Å². The van der Waals surface area contributed by atoms with Gasteiger partial charge in [0.25, 0.3) is 0 Å². The van der Waals surface area contributed by atoms with Gasteiger partial charge in [-0.3, -0.25) is 0 Å². The molecule has 0 amide bonds. The SMILES string of the molecule is c1ccc(-c2nc3cccc(-c4ccc(N(c5ccc6c(ccc7ccccc76)c5)c5cc6c7ccccc7n(-c7ccccc7)c6c6ccccc56)cc4)c3o2)cc1. The molecule has 0 N–H and O–H groups in total. The Labute approximate surface area is 340 Å². The molecule has 0 saturated heterocycles. The molecule has 0 atom stereocenters. The van der Waals surface area contributed by atoms with Crippen molar-refractivity contribution >= 4 is 82.3 Å². The van der Waals surface area contributed by atoms with Crippen LogP contribution in [0.15, 0.2) is 217 Å². The maximum atomic E-state index is 6.46. The Morgan fingerprint density at radius 2 is 1.08 bits per heavy atom. The second-order valence-electron chi connectivity index (χ2n) is 15.1. The number of hydrogen-bond donors (Lipinski definition) is 0. The highest BCUT2D eigenvalue weighted by atomic mass is 16.3. The van der Waals surface area contributed by atoms with Gasteiger partial charge in [-0.2, -0.15) is 0 Å². The monoisotopic (exact) mass is 753 g/mol. The predicted octanol–water partition coefficient (Wildman–Crippen LogP) is 15.2. The summed E-state index contributed by atoms with van der Waals surface area (Å²) in [6.07, 6.45) is 0. The fourth-order valence-electron chi connectivity index (χ4n) is 9.07. The number of anilines is 3. The molecule has 2 aromatic heterocycles.